The topological polar surface area (TPSA) is 58.4 Å². The van der Waals surface area contributed by atoms with E-state index in [2.05, 4.69) is 24.0 Å². The van der Waals surface area contributed by atoms with Gasteiger partial charge in [0.05, 0.1) is 12.1 Å². The zero-order valence-electron chi connectivity index (χ0n) is 17.2. The Morgan fingerprint density at radius 1 is 1.14 bits per heavy atom. The Morgan fingerprint density at radius 3 is 2.76 bits per heavy atom. The zero-order valence-corrected chi connectivity index (χ0v) is 17.2. The Morgan fingerprint density at radius 2 is 1.97 bits per heavy atom. The molecule has 0 bridgehead atoms. The predicted molar refractivity (Wildman–Crippen MR) is 111 cm³/mol. The second-order valence-corrected chi connectivity index (χ2v) is 8.09. The number of hydrogen-bond acceptors (Lipinski definition) is 3. The van der Waals surface area contributed by atoms with Crippen molar-refractivity contribution in [2.24, 2.45) is 0 Å². The second-order valence-electron chi connectivity index (χ2n) is 8.09. The maximum Gasteiger partial charge on any atom is 0.242 e. The van der Waals surface area contributed by atoms with E-state index in [-0.39, 0.29) is 23.9 Å². The van der Waals surface area contributed by atoms with Crippen LogP contribution in [0.3, 0.4) is 0 Å². The van der Waals surface area contributed by atoms with Gasteiger partial charge in [-0.2, -0.15) is 0 Å². The van der Waals surface area contributed by atoms with Gasteiger partial charge in [0.15, 0.2) is 0 Å². The third-order valence-corrected chi connectivity index (χ3v) is 6.31. The lowest BCUT2D eigenvalue weighted by atomic mass is 9.96. The molecule has 1 aromatic carbocycles. The summed E-state index contributed by atoms with van der Waals surface area (Å²) in [6.07, 6.45) is 8.80. The molecular weight excluding hydrogens is 364 g/mol. The average Bonchev–Trinajstić information content (AvgIpc) is 3.35. The lowest BCUT2D eigenvalue weighted by Crippen LogP contribution is -2.50. The monoisotopic (exact) mass is 394 g/mol. The molecule has 0 N–H and O–H groups in total. The fourth-order valence-corrected chi connectivity index (χ4v) is 4.84. The average molecular weight is 395 g/mol. The Bertz CT molecular complexity index is 848. The van der Waals surface area contributed by atoms with Crippen LogP contribution in [-0.2, 0) is 29.1 Å². The van der Waals surface area contributed by atoms with Crippen LogP contribution >= 0.6 is 0 Å². The SMILES string of the molecule is CCc1nccn1CC(=O)N1CC[C@H]2[C@H]1CCCCC(=O)N2Cc1ccccc1. The van der Waals surface area contributed by atoms with E-state index >= 15 is 0 Å². The van der Waals surface area contributed by atoms with Gasteiger partial charge in [0, 0.05) is 38.3 Å². The number of nitrogens with zero attached hydrogens (tertiary/aromatic N) is 4. The van der Waals surface area contributed by atoms with E-state index in [1.54, 1.807) is 6.20 Å². The first kappa shape index (κ1) is 19.7. The quantitative estimate of drug-likeness (QED) is 0.783. The molecule has 2 atom stereocenters. The maximum absolute atomic E-state index is 13.2. The molecule has 4 rings (SSSR count). The van der Waals surface area contributed by atoms with Crippen LogP contribution in [0.15, 0.2) is 42.7 Å². The highest BCUT2D eigenvalue weighted by Crippen LogP contribution is 2.31. The van der Waals surface area contributed by atoms with Crippen LogP contribution in [0.1, 0.15) is 50.4 Å². The van der Waals surface area contributed by atoms with Gasteiger partial charge in [-0.15, -0.1) is 0 Å². The van der Waals surface area contributed by atoms with Crippen LogP contribution in [0.2, 0.25) is 0 Å². The van der Waals surface area contributed by atoms with E-state index in [0.29, 0.717) is 19.5 Å². The summed E-state index contributed by atoms with van der Waals surface area (Å²) in [7, 11) is 0. The minimum Gasteiger partial charge on any atom is -0.336 e. The fourth-order valence-electron chi connectivity index (χ4n) is 4.84. The number of rotatable bonds is 5. The molecule has 29 heavy (non-hydrogen) atoms. The first-order valence-corrected chi connectivity index (χ1v) is 10.8. The number of carbonyl (C=O) groups excluding carboxylic acids is 2. The number of aromatic nitrogens is 2. The third kappa shape index (κ3) is 4.21. The van der Waals surface area contributed by atoms with Crippen molar-refractivity contribution in [3.63, 3.8) is 0 Å². The summed E-state index contributed by atoms with van der Waals surface area (Å²) in [6.45, 7) is 3.74. The molecule has 6 nitrogen and oxygen atoms in total. The molecule has 2 amide bonds. The van der Waals surface area contributed by atoms with E-state index in [4.69, 9.17) is 0 Å². The van der Waals surface area contributed by atoms with Gasteiger partial charge in [-0.3, -0.25) is 9.59 Å². The highest BCUT2D eigenvalue weighted by molar-refractivity contribution is 5.79. The van der Waals surface area contributed by atoms with Crippen LogP contribution in [0.5, 0.6) is 0 Å². The Kier molecular flexibility index (Phi) is 5.97. The zero-order chi connectivity index (χ0) is 20.2. The summed E-state index contributed by atoms with van der Waals surface area (Å²) in [5, 5.41) is 0. The standard InChI is InChI=1S/C23H30N4O2/c1-2-21-24-13-15-25(21)17-23(29)26-14-12-20-19(26)10-6-7-11-22(28)27(20)16-18-8-4-3-5-9-18/h3-5,8-9,13,15,19-20H,2,6-7,10-12,14,16-17H2,1H3/t19-,20+/m1/s1. The van der Waals surface area contributed by atoms with Crippen molar-refractivity contribution in [2.75, 3.05) is 6.54 Å². The Balaban J connectivity index is 1.52. The highest BCUT2D eigenvalue weighted by Gasteiger charge is 2.42. The number of carbonyl (C=O) groups is 2. The van der Waals surface area contributed by atoms with E-state index < -0.39 is 0 Å². The molecule has 2 aromatic rings. The van der Waals surface area contributed by atoms with Crippen molar-refractivity contribution in [2.45, 2.75) is 70.6 Å². The lowest BCUT2D eigenvalue weighted by molar-refractivity contribution is -0.139. The van der Waals surface area contributed by atoms with Gasteiger partial charge in [-0.05, 0) is 24.8 Å². The van der Waals surface area contributed by atoms with E-state index in [1.807, 2.05) is 38.8 Å². The highest BCUT2D eigenvalue weighted by atomic mass is 16.2. The normalized spacial score (nSPS) is 22.3. The molecular formula is C23H30N4O2. The van der Waals surface area contributed by atoms with Crippen LogP contribution in [-0.4, -0.2) is 49.8 Å². The van der Waals surface area contributed by atoms with Crippen LogP contribution in [0.4, 0.5) is 0 Å². The fraction of sp³-hybridized carbons (Fsp3) is 0.522. The van der Waals surface area contributed by atoms with Crippen molar-refractivity contribution >= 4 is 11.8 Å². The van der Waals surface area contributed by atoms with Gasteiger partial charge in [-0.25, -0.2) is 4.98 Å². The maximum atomic E-state index is 13.2. The van der Waals surface area contributed by atoms with E-state index in [9.17, 15) is 9.59 Å². The first-order chi connectivity index (χ1) is 14.2. The van der Waals surface area contributed by atoms with Crippen molar-refractivity contribution < 1.29 is 9.59 Å². The van der Waals surface area contributed by atoms with Gasteiger partial charge in [0.25, 0.3) is 0 Å². The molecule has 154 valence electrons. The number of likely N-dealkylation sites (tertiary alicyclic amines) is 2. The molecule has 2 saturated heterocycles. The minimum atomic E-state index is 0.111. The van der Waals surface area contributed by atoms with Gasteiger partial charge in [0.1, 0.15) is 12.4 Å². The number of hydrogen-bond donors (Lipinski definition) is 0. The Hall–Kier alpha value is -2.63. The summed E-state index contributed by atoms with van der Waals surface area (Å²) in [4.78, 5) is 34.5. The smallest absolute Gasteiger partial charge is 0.242 e. The predicted octanol–water partition coefficient (Wildman–Crippen LogP) is 3.02. The van der Waals surface area contributed by atoms with E-state index in [0.717, 1.165) is 50.0 Å². The largest absolute Gasteiger partial charge is 0.336 e. The summed E-state index contributed by atoms with van der Waals surface area (Å²) in [6, 6.07) is 10.4. The molecule has 0 aliphatic carbocycles. The van der Waals surface area contributed by atoms with Crippen molar-refractivity contribution in [1.82, 2.24) is 19.4 Å². The summed E-state index contributed by atoms with van der Waals surface area (Å²) in [5.41, 5.74) is 1.15. The third-order valence-electron chi connectivity index (χ3n) is 6.31. The van der Waals surface area contributed by atoms with Gasteiger partial charge in [-0.1, -0.05) is 43.7 Å². The molecule has 2 aliphatic heterocycles. The summed E-state index contributed by atoms with van der Waals surface area (Å²) < 4.78 is 1.95. The van der Waals surface area contributed by atoms with Crippen LogP contribution in [0.25, 0.3) is 0 Å². The lowest BCUT2D eigenvalue weighted by Gasteiger charge is -2.37. The Labute approximate surface area is 172 Å². The molecule has 0 spiro atoms. The van der Waals surface area contributed by atoms with E-state index in [1.165, 1.54) is 0 Å². The second kappa shape index (κ2) is 8.80. The molecule has 1 aromatic heterocycles. The molecule has 2 aliphatic rings. The van der Waals surface area contributed by atoms with Gasteiger partial charge < -0.3 is 14.4 Å². The van der Waals surface area contributed by atoms with Gasteiger partial charge in [0.2, 0.25) is 11.8 Å². The number of amides is 2. The van der Waals surface area contributed by atoms with Crippen molar-refractivity contribution in [3.05, 3.63) is 54.1 Å². The van der Waals surface area contributed by atoms with Crippen molar-refractivity contribution in [1.29, 1.82) is 0 Å². The number of aryl methyl sites for hydroxylation is 1. The number of fused-ring (bicyclic) bond motifs is 1. The molecule has 0 radical (unpaired) electrons. The molecule has 3 heterocycles. The van der Waals surface area contributed by atoms with Crippen molar-refractivity contribution in [3.8, 4) is 0 Å². The van der Waals surface area contributed by atoms with Crippen LogP contribution in [0, 0.1) is 0 Å². The number of benzene rings is 1. The summed E-state index contributed by atoms with van der Waals surface area (Å²) >= 11 is 0. The number of imidazole rings is 1. The minimum absolute atomic E-state index is 0.111. The summed E-state index contributed by atoms with van der Waals surface area (Å²) in [5.74, 6) is 1.30. The van der Waals surface area contributed by atoms with Gasteiger partial charge >= 0.3 is 0 Å². The first-order valence-electron chi connectivity index (χ1n) is 10.8. The molecule has 6 heteroatoms. The van der Waals surface area contributed by atoms with Crippen LogP contribution < -0.4 is 0 Å². The molecule has 2 fully saturated rings. The molecule has 0 saturated carbocycles. The molecule has 0 unspecified atom stereocenters.